The van der Waals surface area contributed by atoms with Crippen molar-refractivity contribution in [2.24, 2.45) is 7.05 Å². The van der Waals surface area contributed by atoms with E-state index >= 15 is 0 Å². The zero-order valence-corrected chi connectivity index (χ0v) is 14.8. The summed E-state index contributed by atoms with van der Waals surface area (Å²) < 4.78 is 1.72. The lowest BCUT2D eigenvalue weighted by atomic mass is 10.1. The molecule has 1 amide bonds. The van der Waals surface area contributed by atoms with Crippen LogP contribution in [0.5, 0.6) is 0 Å². The zero-order chi connectivity index (χ0) is 14.2. The van der Waals surface area contributed by atoms with Gasteiger partial charge in [-0.2, -0.15) is 5.10 Å². The van der Waals surface area contributed by atoms with Crippen LogP contribution in [0, 0.1) is 0 Å². The van der Waals surface area contributed by atoms with Gasteiger partial charge in [-0.15, -0.1) is 24.8 Å². The van der Waals surface area contributed by atoms with E-state index < -0.39 is 0 Å². The Morgan fingerprint density at radius 2 is 1.91 bits per heavy atom. The number of aromatic nitrogens is 2. The van der Waals surface area contributed by atoms with Gasteiger partial charge in [-0.05, 0) is 18.4 Å². The number of rotatable bonds is 6. The summed E-state index contributed by atoms with van der Waals surface area (Å²) in [5.41, 5.74) is 0.960. The van der Waals surface area contributed by atoms with Gasteiger partial charge < -0.3 is 10.6 Å². The van der Waals surface area contributed by atoms with E-state index in [-0.39, 0.29) is 30.7 Å². The molecular weight excluding hydrogens is 323 g/mol. The first kappa shape index (κ1) is 21.2. The summed E-state index contributed by atoms with van der Waals surface area (Å²) in [6.45, 7) is 1.57. The number of carbonyl (C=O) groups is 1. The van der Waals surface area contributed by atoms with E-state index in [1.165, 1.54) is 38.5 Å². The summed E-state index contributed by atoms with van der Waals surface area (Å²) in [5, 5.41) is 10.6. The number of nitrogens with zero attached hydrogens (tertiary/aromatic N) is 2. The molecular formula is C15H28Cl2N4O. The smallest absolute Gasteiger partial charge is 0.224 e. The SMILES string of the molecule is Cl.Cl.Cn1cc(CC(=O)NCCNC2CCCCCC2)cn1. The van der Waals surface area contributed by atoms with Crippen molar-refractivity contribution in [3.05, 3.63) is 18.0 Å². The van der Waals surface area contributed by atoms with Crippen molar-refractivity contribution in [1.29, 1.82) is 0 Å². The summed E-state index contributed by atoms with van der Waals surface area (Å²) in [5.74, 6) is 0.0701. The normalized spacial score (nSPS) is 15.3. The second-order valence-corrected chi connectivity index (χ2v) is 5.69. The number of halogens is 2. The van der Waals surface area contributed by atoms with Gasteiger partial charge in [-0.1, -0.05) is 25.7 Å². The average Bonchev–Trinajstić information content (AvgIpc) is 2.67. The predicted molar refractivity (Wildman–Crippen MR) is 93.9 cm³/mol. The van der Waals surface area contributed by atoms with Crippen LogP contribution in [0.25, 0.3) is 0 Å². The first-order valence-electron chi connectivity index (χ1n) is 7.71. The highest BCUT2D eigenvalue weighted by Gasteiger charge is 2.11. The maximum Gasteiger partial charge on any atom is 0.224 e. The summed E-state index contributed by atoms with van der Waals surface area (Å²) in [6.07, 6.45) is 12.0. The van der Waals surface area contributed by atoms with Gasteiger partial charge in [0, 0.05) is 32.4 Å². The van der Waals surface area contributed by atoms with Gasteiger partial charge in [0.1, 0.15) is 0 Å². The van der Waals surface area contributed by atoms with Gasteiger partial charge in [-0.3, -0.25) is 9.48 Å². The number of nitrogens with one attached hydrogen (secondary N) is 2. The Labute approximate surface area is 145 Å². The van der Waals surface area contributed by atoms with Crippen LogP contribution in [0.2, 0.25) is 0 Å². The molecule has 0 unspecified atom stereocenters. The molecule has 2 N–H and O–H groups in total. The summed E-state index contributed by atoms with van der Waals surface area (Å²) in [7, 11) is 1.86. The highest BCUT2D eigenvalue weighted by Crippen LogP contribution is 2.16. The molecule has 1 aromatic rings. The van der Waals surface area contributed by atoms with Gasteiger partial charge in [0.05, 0.1) is 12.6 Å². The standard InChI is InChI=1S/C15H26N4O.2ClH/c1-19-12-13(11-18-19)10-15(20)17-9-8-16-14-6-4-2-3-5-7-14;;/h11-12,14,16H,2-10H2,1H3,(H,17,20);2*1H. The van der Waals surface area contributed by atoms with Crippen LogP contribution in [-0.4, -0.2) is 34.8 Å². The molecule has 1 fully saturated rings. The molecule has 5 nitrogen and oxygen atoms in total. The molecule has 1 saturated carbocycles. The van der Waals surface area contributed by atoms with E-state index in [4.69, 9.17) is 0 Å². The molecule has 7 heteroatoms. The summed E-state index contributed by atoms with van der Waals surface area (Å²) >= 11 is 0. The minimum Gasteiger partial charge on any atom is -0.355 e. The Morgan fingerprint density at radius 1 is 1.23 bits per heavy atom. The van der Waals surface area contributed by atoms with Crippen molar-refractivity contribution in [3.8, 4) is 0 Å². The molecule has 0 spiro atoms. The zero-order valence-electron chi connectivity index (χ0n) is 13.2. The van der Waals surface area contributed by atoms with Crippen LogP contribution in [-0.2, 0) is 18.3 Å². The van der Waals surface area contributed by atoms with Crippen molar-refractivity contribution >= 4 is 30.7 Å². The minimum atomic E-state index is 0. The fourth-order valence-corrected chi connectivity index (χ4v) is 2.77. The first-order chi connectivity index (χ1) is 9.74. The van der Waals surface area contributed by atoms with E-state index in [2.05, 4.69) is 15.7 Å². The maximum atomic E-state index is 11.8. The highest BCUT2D eigenvalue weighted by molar-refractivity contribution is 5.85. The summed E-state index contributed by atoms with van der Waals surface area (Å²) in [6, 6.07) is 0.646. The van der Waals surface area contributed by atoms with E-state index in [0.29, 0.717) is 19.0 Å². The lowest BCUT2D eigenvalue weighted by Crippen LogP contribution is -2.37. The molecule has 0 aromatic carbocycles. The molecule has 0 radical (unpaired) electrons. The monoisotopic (exact) mass is 350 g/mol. The predicted octanol–water partition coefficient (Wildman–Crippen LogP) is 2.23. The van der Waals surface area contributed by atoms with Crippen molar-refractivity contribution in [3.63, 3.8) is 0 Å². The van der Waals surface area contributed by atoms with Gasteiger partial charge in [-0.25, -0.2) is 0 Å². The molecule has 1 heterocycles. The Morgan fingerprint density at radius 3 is 2.50 bits per heavy atom. The number of aryl methyl sites for hydroxylation is 1. The maximum absolute atomic E-state index is 11.8. The fraction of sp³-hybridized carbons (Fsp3) is 0.733. The Bertz CT molecular complexity index is 417. The lowest BCUT2D eigenvalue weighted by Gasteiger charge is -2.16. The molecule has 0 atom stereocenters. The van der Waals surface area contributed by atoms with E-state index in [1.54, 1.807) is 10.9 Å². The van der Waals surface area contributed by atoms with Gasteiger partial charge in [0.15, 0.2) is 0 Å². The molecule has 22 heavy (non-hydrogen) atoms. The van der Waals surface area contributed by atoms with E-state index in [0.717, 1.165) is 12.1 Å². The van der Waals surface area contributed by atoms with Gasteiger partial charge in [0.2, 0.25) is 5.91 Å². The van der Waals surface area contributed by atoms with Crippen LogP contribution in [0.15, 0.2) is 12.4 Å². The third-order valence-electron chi connectivity index (χ3n) is 3.86. The Hall–Kier alpha value is -0.780. The second-order valence-electron chi connectivity index (χ2n) is 5.69. The third-order valence-corrected chi connectivity index (χ3v) is 3.86. The Kier molecular flexibility index (Phi) is 11.3. The molecule has 0 saturated heterocycles. The molecule has 128 valence electrons. The van der Waals surface area contributed by atoms with E-state index in [1.807, 2.05) is 13.2 Å². The minimum absolute atomic E-state index is 0. The van der Waals surface area contributed by atoms with Crippen molar-refractivity contribution in [2.45, 2.75) is 51.0 Å². The van der Waals surface area contributed by atoms with Crippen LogP contribution in [0.4, 0.5) is 0 Å². The van der Waals surface area contributed by atoms with Crippen molar-refractivity contribution in [2.75, 3.05) is 13.1 Å². The fourth-order valence-electron chi connectivity index (χ4n) is 2.77. The largest absolute Gasteiger partial charge is 0.355 e. The van der Waals surface area contributed by atoms with Crippen LogP contribution < -0.4 is 10.6 Å². The highest BCUT2D eigenvalue weighted by atomic mass is 35.5. The quantitative estimate of drug-likeness (QED) is 0.610. The molecule has 1 aliphatic rings. The van der Waals surface area contributed by atoms with Gasteiger partial charge in [0.25, 0.3) is 0 Å². The van der Waals surface area contributed by atoms with Crippen LogP contribution in [0.3, 0.4) is 0 Å². The molecule has 1 aliphatic carbocycles. The number of hydrogen-bond donors (Lipinski definition) is 2. The number of hydrogen-bond acceptors (Lipinski definition) is 3. The van der Waals surface area contributed by atoms with Crippen LogP contribution in [0.1, 0.15) is 44.1 Å². The Balaban J connectivity index is 0.00000220. The van der Waals surface area contributed by atoms with E-state index in [9.17, 15) is 4.79 Å². The molecule has 1 aromatic heterocycles. The topological polar surface area (TPSA) is 59.0 Å². The number of amides is 1. The van der Waals surface area contributed by atoms with Crippen molar-refractivity contribution in [1.82, 2.24) is 20.4 Å². The number of carbonyl (C=O) groups excluding carboxylic acids is 1. The summed E-state index contributed by atoms with van der Waals surface area (Å²) in [4.78, 5) is 11.8. The third kappa shape index (κ3) is 8.01. The van der Waals surface area contributed by atoms with Gasteiger partial charge >= 0.3 is 0 Å². The first-order valence-corrected chi connectivity index (χ1v) is 7.71. The lowest BCUT2D eigenvalue weighted by molar-refractivity contribution is -0.120. The van der Waals surface area contributed by atoms with Crippen molar-refractivity contribution < 1.29 is 4.79 Å². The molecule has 2 rings (SSSR count). The average molecular weight is 351 g/mol. The molecule has 0 bridgehead atoms. The van der Waals surface area contributed by atoms with Crippen LogP contribution >= 0.6 is 24.8 Å². The second kappa shape index (κ2) is 11.7. The molecule has 0 aliphatic heterocycles.